The Morgan fingerprint density at radius 2 is 2.29 bits per heavy atom. The van der Waals surface area contributed by atoms with Crippen molar-refractivity contribution >= 4 is 31.8 Å². The van der Waals surface area contributed by atoms with Crippen LogP contribution in [0.3, 0.4) is 0 Å². The smallest absolute Gasteiger partial charge is 0.246 e. The molecule has 0 saturated carbocycles. The normalized spacial score (nSPS) is 21.9. The minimum atomic E-state index is -3.51. The molecule has 1 aromatic rings. The van der Waals surface area contributed by atoms with Crippen molar-refractivity contribution < 1.29 is 8.42 Å². The van der Waals surface area contributed by atoms with E-state index in [2.05, 4.69) is 20.9 Å². The lowest BCUT2D eigenvalue weighted by atomic mass is 10.2. The molecule has 17 heavy (non-hydrogen) atoms. The summed E-state index contributed by atoms with van der Waals surface area (Å²) in [4.78, 5) is 3.94. The zero-order valence-electron chi connectivity index (χ0n) is 9.43. The van der Waals surface area contributed by atoms with Gasteiger partial charge >= 0.3 is 0 Å². The van der Waals surface area contributed by atoms with Crippen molar-refractivity contribution in [2.75, 3.05) is 18.8 Å². The number of halogens is 1. The Morgan fingerprint density at radius 3 is 2.88 bits per heavy atom. The van der Waals surface area contributed by atoms with E-state index in [-0.39, 0.29) is 10.7 Å². The SMILES string of the molecule is CC1CCN(S(=O)(=O)c2cc(Br)cnc2N)C1. The van der Waals surface area contributed by atoms with Crippen LogP contribution in [0.4, 0.5) is 5.82 Å². The Bertz CT molecular complexity index is 532. The van der Waals surface area contributed by atoms with E-state index in [1.54, 1.807) is 0 Å². The maximum absolute atomic E-state index is 12.3. The summed E-state index contributed by atoms with van der Waals surface area (Å²) < 4.78 is 26.8. The molecule has 7 heteroatoms. The van der Waals surface area contributed by atoms with Crippen molar-refractivity contribution in [3.05, 3.63) is 16.7 Å². The first-order valence-corrected chi connectivity index (χ1v) is 7.55. The molecule has 94 valence electrons. The van der Waals surface area contributed by atoms with Crippen molar-refractivity contribution in [3.8, 4) is 0 Å². The zero-order chi connectivity index (χ0) is 12.6. The van der Waals surface area contributed by atoms with Crippen molar-refractivity contribution in [2.45, 2.75) is 18.2 Å². The Kier molecular flexibility index (Phi) is 3.42. The van der Waals surface area contributed by atoms with E-state index in [9.17, 15) is 8.42 Å². The summed E-state index contributed by atoms with van der Waals surface area (Å²) in [6, 6.07) is 1.50. The monoisotopic (exact) mass is 319 g/mol. The number of hydrogen-bond donors (Lipinski definition) is 1. The van der Waals surface area contributed by atoms with Gasteiger partial charge in [-0.2, -0.15) is 4.31 Å². The largest absolute Gasteiger partial charge is 0.383 e. The summed E-state index contributed by atoms with van der Waals surface area (Å²) in [5.74, 6) is 0.443. The number of hydrogen-bond acceptors (Lipinski definition) is 4. The Hall–Kier alpha value is -0.660. The lowest BCUT2D eigenvalue weighted by molar-refractivity contribution is 0.464. The molecule has 1 aliphatic heterocycles. The third kappa shape index (κ3) is 2.46. The molecule has 5 nitrogen and oxygen atoms in total. The standard InChI is InChI=1S/C10H14BrN3O2S/c1-7-2-3-14(6-7)17(15,16)9-4-8(11)5-13-10(9)12/h4-5,7H,2-3,6H2,1H3,(H2,12,13). The van der Waals surface area contributed by atoms with Gasteiger partial charge in [0, 0.05) is 23.8 Å². The fraction of sp³-hybridized carbons (Fsp3) is 0.500. The molecular formula is C10H14BrN3O2S. The first kappa shape index (κ1) is 12.8. The number of anilines is 1. The van der Waals surface area contributed by atoms with Gasteiger partial charge < -0.3 is 5.73 Å². The molecule has 1 saturated heterocycles. The molecule has 1 fully saturated rings. The van der Waals surface area contributed by atoms with Crippen LogP contribution in [0.2, 0.25) is 0 Å². The van der Waals surface area contributed by atoms with Gasteiger partial charge in [-0.15, -0.1) is 0 Å². The number of nitrogens with zero attached hydrogens (tertiary/aromatic N) is 2. The van der Waals surface area contributed by atoms with Crippen LogP contribution in [0, 0.1) is 5.92 Å². The average molecular weight is 320 g/mol. The van der Waals surface area contributed by atoms with Crippen molar-refractivity contribution in [2.24, 2.45) is 5.92 Å². The van der Waals surface area contributed by atoms with Gasteiger partial charge in [0.2, 0.25) is 10.0 Å². The van der Waals surface area contributed by atoms with E-state index in [1.165, 1.54) is 16.6 Å². The highest BCUT2D eigenvalue weighted by atomic mass is 79.9. The molecule has 0 spiro atoms. The minimum Gasteiger partial charge on any atom is -0.383 e. The average Bonchev–Trinajstić information content (AvgIpc) is 2.69. The summed E-state index contributed by atoms with van der Waals surface area (Å²) in [6.45, 7) is 3.14. The fourth-order valence-corrected chi connectivity index (χ4v) is 4.04. The maximum atomic E-state index is 12.3. The quantitative estimate of drug-likeness (QED) is 0.895. The third-order valence-corrected chi connectivity index (χ3v) is 5.18. The Balaban J connectivity index is 2.41. The molecule has 1 aliphatic rings. The number of sulfonamides is 1. The lowest BCUT2D eigenvalue weighted by Crippen LogP contribution is -2.29. The second kappa shape index (κ2) is 4.55. The van der Waals surface area contributed by atoms with Gasteiger partial charge in [-0.3, -0.25) is 0 Å². The van der Waals surface area contributed by atoms with Gasteiger partial charge in [0.1, 0.15) is 10.7 Å². The van der Waals surface area contributed by atoms with Gasteiger partial charge in [-0.25, -0.2) is 13.4 Å². The molecule has 0 radical (unpaired) electrons. The van der Waals surface area contributed by atoms with E-state index >= 15 is 0 Å². The van der Waals surface area contributed by atoms with Gasteiger partial charge in [0.05, 0.1) is 0 Å². The predicted octanol–water partition coefficient (Wildman–Crippen LogP) is 1.46. The van der Waals surface area contributed by atoms with Crippen LogP contribution in [0.1, 0.15) is 13.3 Å². The minimum absolute atomic E-state index is 0.0488. The van der Waals surface area contributed by atoms with Gasteiger partial charge in [0.25, 0.3) is 0 Å². The molecule has 0 aromatic carbocycles. The van der Waals surface area contributed by atoms with Crippen LogP contribution in [0.5, 0.6) is 0 Å². The Morgan fingerprint density at radius 1 is 1.59 bits per heavy atom. The molecule has 1 atom stereocenters. The van der Waals surface area contributed by atoms with Gasteiger partial charge in [-0.05, 0) is 34.3 Å². The van der Waals surface area contributed by atoms with Crippen molar-refractivity contribution in [1.29, 1.82) is 0 Å². The highest BCUT2D eigenvalue weighted by Gasteiger charge is 2.32. The number of nitrogen functional groups attached to an aromatic ring is 1. The van der Waals surface area contributed by atoms with Gasteiger partial charge in [0.15, 0.2) is 0 Å². The first-order valence-electron chi connectivity index (χ1n) is 5.32. The summed E-state index contributed by atoms with van der Waals surface area (Å²) in [5, 5.41) is 0. The van der Waals surface area contributed by atoms with Crippen LogP contribution in [-0.4, -0.2) is 30.8 Å². The third-order valence-electron chi connectivity index (χ3n) is 2.85. The van der Waals surface area contributed by atoms with Crippen LogP contribution in [0.15, 0.2) is 21.6 Å². The summed E-state index contributed by atoms with van der Waals surface area (Å²) in [7, 11) is -3.51. The first-order chi connectivity index (χ1) is 7.91. The predicted molar refractivity (Wildman–Crippen MR) is 68.9 cm³/mol. The second-order valence-corrected chi connectivity index (χ2v) is 7.12. The second-order valence-electron chi connectivity index (χ2n) is 4.29. The van der Waals surface area contributed by atoms with Crippen LogP contribution in [-0.2, 0) is 10.0 Å². The highest BCUT2D eigenvalue weighted by molar-refractivity contribution is 9.10. The zero-order valence-corrected chi connectivity index (χ0v) is 11.8. The van der Waals surface area contributed by atoms with Crippen LogP contribution >= 0.6 is 15.9 Å². The van der Waals surface area contributed by atoms with E-state index in [4.69, 9.17) is 5.73 Å². The lowest BCUT2D eigenvalue weighted by Gasteiger charge is -2.16. The number of nitrogens with two attached hydrogens (primary N) is 1. The fourth-order valence-electron chi connectivity index (χ4n) is 1.89. The molecule has 2 N–H and O–H groups in total. The highest BCUT2D eigenvalue weighted by Crippen LogP contribution is 2.28. The molecule has 0 amide bonds. The summed E-state index contributed by atoms with van der Waals surface area (Å²) in [5.41, 5.74) is 5.64. The van der Waals surface area contributed by atoms with Crippen molar-refractivity contribution in [1.82, 2.24) is 9.29 Å². The number of rotatable bonds is 2. The van der Waals surface area contributed by atoms with Crippen molar-refractivity contribution in [3.63, 3.8) is 0 Å². The van der Waals surface area contributed by atoms with Crippen LogP contribution < -0.4 is 5.73 Å². The number of aromatic nitrogens is 1. The molecule has 1 aromatic heterocycles. The molecule has 0 bridgehead atoms. The van der Waals surface area contributed by atoms with E-state index in [1.807, 2.05) is 6.92 Å². The van der Waals surface area contributed by atoms with Crippen LogP contribution in [0.25, 0.3) is 0 Å². The Labute approximate surface area is 109 Å². The molecule has 2 rings (SSSR count). The number of pyridine rings is 1. The topological polar surface area (TPSA) is 76.3 Å². The van der Waals surface area contributed by atoms with Gasteiger partial charge in [-0.1, -0.05) is 6.92 Å². The molecule has 0 aliphatic carbocycles. The molecule has 2 heterocycles. The summed E-state index contributed by atoms with van der Waals surface area (Å²) in [6.07, 6.45) is 2.38. The van der Waals surface area contributed by atoms with E-state index in [0.717, 1.165) is 6.42 Å². The molecular weight excluding hydrogens is 306 g/mol. The maximum Gasteiger partial charge on any atom is 0.246 e. The van der Waals surface area contributed by atoms with E-state index < -0.39 is 10.0 Å². The summed E-state index contributed by atoms with van der Waals surface area (Å²) >= 11 is 3.21. The van der Waals surface area contributed by atoms with E-state index in [0.29, 0.717) is 23.5 Å². The molecule has 1 unspecified atom stereocenters.